The number of anilines is 1. The number of morpholine rings is 1. The number of rotatable bonds is 4. The van der Waals surface area contributed by atoms with Gasteiger partial charge in [0.1, 0.15) is 5.60 Å². The van der Waals surface area contributed by atoms with Crippen molar-refractivity contribution in [3.63, 3.8) is 0 Å². The Morgan fingerprint density at radius 2 is 1.96 bits per heavy atom. The van der Waals surface area contributed by atoms with Crippen LogP contribution in [-0.4, -0.2) is 98.6 Å². The average molecular weight is 335 g/mol. The lowest BCUT2D eigenvalue weighted by atomic mass is 10.0. The van der Waals surface area contributed by atoms with E-state index >= 15 is 0 Å². The minimum Gasteiger partial charge on any atom is -0.377 e. The van der Waals surface area contributed by atoms with Crippen LogP contribution >= 0.6 is 0 Å². The van der Waals surface area contributed by atoms with Crippen molar-refractivity contribution in [1.29, 1.82) is 0 Å². The minimum atomic E-state index is -0.296. The van der Waals surface area contributed by atoms with Crippen molar-refractivity contribution in [1.82, 2.24) is 19.8 Å². The lowest BCUT2D eigenvalue weighted by molar-refractivity contribution is -0.0999. The van der Waals surface area contributed by atoms with Crippen LogP contribution in [0, 0.1) is 6.92 Å². The maximum absolute atomic E-state index is 6.22. The van der Waals surface area contributed by atoms with E-state index in [0.717, 1.165) is 57.4 Å². The van der Waals surface area contributed by atoms with Gasteiger partial charge in [0.05, 0.1) is 26.4 Å². The van der Waals surface area contributed by atoms with E-state index in [0.29, 0.717) is 13.2 Å². The number of hydrogen-bond acceptors (Lipinski definition) is 7. The normalized spacial score (nSPS) is 26.1. The van der Waals surface area contributed by atoms with E-state index in [9.17, 15) is 0 Å². The maximum atomic E-state index is 6.22. The third kappa shape index (κ3) is 4.42. The van der Waals surface area contributed by atoms with Gasteiger partial charge in [0, 0.05) is 45.1 Å². The summed E-state index contributed by atoms with van der Waals surface area (Å²) in [6, 6.07) is 0. The maximum Gasteiger partial charge on any atom is 0.225 e. The number of ether oxygens (including phenoxy) is 2. The second-order valence-corrected chi connectivity index (χ2v) is 7.15. The molecule has 2 aliphatic heterocycles. The zero-order chi connectivity index (χ0) is 17.0. The van der Waals surface area contributed by atoms with Crippen molar-refractivity contribution in [2.24, 2.45) is 0 Å². The molecule has 3 rings (SSSR count). The van der Waals surface area contributed by atoms with Crippen LogP contribution in [0.25, 0.3) is 0 Å². The Morgan fingerprint density at radius 1 is 1.17 bits per heavy atom. The topological polar surface area (TPSA) is 54.0 Å². The van der Waals surface area contributed by atoms with Crippen molar-refractivity contribution in [2.45, 2.75) is 12.5 Å². The molecule has 3 heterocycles. The largest absolute Gasteiger partial charge is 0.377 e. The van der Waals surface area contributed by atoms with Gasteiger partial charge in [0.15, 0.2) is 0 Å². The molecule has 0 saturated carbocycles. The number of likely N-dealkylation sites (N-methyl/N-ethyl adjacent to an activating group) is 1. The van der Waals surface area contributed by atoms with Gasteiger partial charge < -0.3 is 19.3 Å². The van der Waals surface area contributed by atoms with E-state index < -0.39 is 0 Å². The van der Waals surface area contributed by atoms with E-state index in [1.807, 2.05) is 19.3 Å². The summed E-state index contributed by atoms with van der Waals surface area (Å²) in [5.74, 6) is 0.785. The van der Waals surface area contributed by atoms with Crippen molar-refractivity contribution in [3.05, 3.63) is 18.0 Å². The van der Waals surface area contributed by atoms with Crippen LogP contribution in [0.5, 0.6) is 0 Å². The first-order chi connectivity index (χ1) is 11.6. The summed E-state index contributed by atoms with van der Waals surface area (Å²) in [6.07, 6.45) is 3.74. The Kier molecular flexibility index (Phi) is 5.65. The summed E-state index contributed by atoms with van der Waals surface area (Å²) in [5, 5.41) is 0. The molecule has 0 radical (unpaired) electrons. The molecule has 1 aromatic rings. The van der Waals surface area contributed by atoms with Crippen molar-refractivity contribution >= 4 is 5.95 Å². The summed E-state index contributed by atoms with van der Waals surface area (Å²) < 4.78 is 12.1. The van der Waals surface area contributed by atoms with Crippen LogP contribution < -0.4 is 4.90 Å². The van der Waals surface area contributed by atoms with Crippen LogP contribution in [0.1, 0.15) is 5.56 Å². The molecule has 0 amide bonds. The summed E-state index contributed by atoms with van der Waals surface area (Å²) >= 11 is 0. The molecule has 2 aliphatic rings. The highest BCUT2D eigenvalue weighted by Crippen LogP contribution is 2.24. The monoisotopic (exact) mass is 335 g/mol. The highest BCUT2D eigenvalue weighted by Gasteiger charge is 2.40. The molecule has 2 fully saturated rings. The van der Waals surface area contributed by atoms with E-state index in [4.69, 9.17) is 9.47 Å². The molecule has 2 saturated heterocycles. The molecule has 134 valence electrons. The fourth-order valence-electron chi connectivity index (χ4n) is 3.26. The van der Waals surface area contributed by atoms with E-state index in [2.05, 4.69) is 38.8 Å². The van der Waals surface area contributed by atoms with Gasteiger partial charge in [0.25, 0.3) is 0 Å². The molecule has 0 bridgehead atoms. The molecular formula is C17H29N5O2. The van der Waals surface area contributed by atoms with Crippen LogP contribution in [-0.2, 0) is 9.47 Å². The Labute approximate surface area is 144 Å². The Balaban J connectivity index is 1.69. The van der Waals surface area contributed by atoms with Gasteiger partial charge in [0.2, 0.25) is 5.95 Å². The first-order valence-electron chi connectivity index (χ1n) is 8.69. The number of aryl methyl sites for hydroxylation is 1. The quantitative estimate of drug-likeness (QED) is 0.782. The SMILES string of the molecule is Cc1cnc(N2CCO[C@@]3(COCCN(CCN(C)C)C3)C2)nc1. The van der Waals surface area contributed by atoms with Crippen LogP contribution in [0.3, 0.4) is 0 Å². The van der Waals surface area contributed by atoms with Gasteiger partial charge in [-0.2, -0.15) is 0 Å². The molecule has 0 aromatic carbocycles. The third-order valence-corrected chi connectivity index (χ3v) is 4.59. The van der Waals surface area contributed by atoms with E-state index in [1.54, 1.807) is 0 Å². The predicted octanol–water partition coefficient (Wildman–Crippen LogP) is 0.254. The first kappa shape index (κ1) is 17.5. The summed E-state index contributed by atoms with van der Waals surface area (Å²) in [4.78, 5) is 15.8. The smallest absolute Gasteiger partial charge is 0.225 e. The zero-order valence-corrected chi connectivity index (χ0v) is 15.1. The lowest BCUT2D eigenvalue weighted by Crippen LogP contribution is -2.59. The minimum absolute atomic E-state index is 0.296. The van der Waals surface area contributed by atoms with Gasteiger partial charge in [-0.25, -0.2) is 9.97 Å². The lowest BCUT2D eigenvalue weighted by Gasteiger charge is -2.43. The number of aromatic nitrogens is 2. The van der Waals surface area contributed by atoms with Crippen LogP contribution in [0.15, 0.2) is 12.4 Å². The second-order valence-electron chi connectivity index (χ2n) is 7.15. The summed E-state index contributed by atoms with van der Waals surface area (Å²) in [5.41, 5.74) is 0.782. The van der Waals surface area contributed by atoms with Gasteiger partial charge in [-0.3, -0.25) is 4.90 Å². The van der Waals surface area contributed by atoms with Crippen LogP contribution in [0.2, 0.25) is 0 Å². The molecule has 1 atom stereocenters. The van der Waals surface area contributed by atoms with Gasteiger partial charge in [-0.15, -0.1) is 0 Å². The van der Waals surface area contributed by atoms with Gasteiger partial charge >= 0.3 is 0 Å². The molecule has 1 spiro atoms. The molecule has 0 unspecified atom stereocenters. The van der Waals surface area contributed by atoms with Crippen molar-refractivity contribution in [3.8, 4) is 0 Å². The van der Waals surface area contributed by atoms with E-state index in [1.165, 1.54) is 0 Å². The molecular weight excluding hydrogens is 306 g/mol. The highest BCUT2D eigenvalue weighted by molar-refractivity contribution is 5.31. The van der Waals surface area contributed by atoms with E-state index in [-0.39, 0.29) is 5.60 Å². The predicted molar refractivity (Wildman–Crippen MR) is 93.5 cm³/mol. The number of hydrogen-bond donors (Lipinski definition) is 0. The Morgan fingerprint density at radius 3 is 2.71 bits per heavy atom. The number of nitrogens with zero attached hydrogens (tertiary/aromatic N) is 5. The standard InChI is InChI=1S/C17H29N5O2/c1-15-10-18-16(19-11-15)22-7-9-24-17(13-22)12-21(5-4-20(2)3)6-8-23-14-17/h10-11H,4-9,12-14H2,1-3H3/t17-/m1/s1. The molecule has 0 N–H and O–H groups in total. The first-order valence-corrected chi connectivity index (χ1v) is 8.69. The average Bonchev–Trinajstić information content (AvgIpc) is 2.76. The molecule has 0 aliphatic carbocycles. The molecule has 24 heavy (non-hydrogen) atoms. The van der Waals surface area contributed by atoms with Gasteiger partial charge in [-0.05, 0) is 26.6 Å². The fourth-order valence-corrected chi connectivity index (χ4v) is 3.26. The molecule has 7 heteroatoms. The highest BCUT2D eigenvalue weighted by atomic mass is 16.5. The Hall–Kier alpha value is -1.28. The van der Waals surface area contributed by atoms with Crippen LogP contribution in [0.4, 0.5) is 5.95 Å². The Bertz CT molecular complexity index is 524. The summed E-state index contributed by atoms with van der Waals surface area (Å²) in [7, 11) is 4.22. The molecule has 1 aromatic heterocycles. The summed E-state index contributed by atoms with van der Waals surface area (Å²) in [6.45, 7) is 9.60. The van der Waals surface area contributed by atoms with Crippen molar-refractivity contribution in [2.75, 3.05) is 78.1 Å². The molecule has 7 nitrogen and oxygen atoms in total. The second kappa shape index (κ2) is 7.74. The van der Waals surface area contributed by atoms with Gasteiger partial charge in [-0.1, -0.05) is 0 Å². The fraction of sp³-hybridized carbons (Fsp3) is 0.765. The van der Waals surface area contributed by atoms with Crippen molar-refractivity contribution < 1.29 is 9.47 Å². The third-order valence-electron chi connectivity index (χ3n) is 4.59. The zero-order valence-electron chi connectivity index (χ0n) is 15.1.